The lowest BCUT2D eigenvalue weighted by molar-refractivity contribution is 0.0949. The van der Waals surface area contributed by atoms with Crippen molar-refractivity contribution in [2.75, 3.05) is 6.54 Å². The molecule has 10 heteroatoms. The number of amides is 1. The van der Waals surface area contributed by atoms with Gasteiger partial charge in [-0.25, -0.2) is 4.98 Å². The van der Waals surface area contributed by atoms with Crippen molar-refractivity contribution in [3.63, 3.8) is 0 Å². The van der Waals surface area contributed by atoms with E-state index in [0.717, 1.165) is 22.7 Å². The third-order valence-electron chi connectivity index (χ3n) is 4.46. The van der Waals surface area contributed by atoms with Crippen LogP contribution in [0.5, 0.6) is 0 Å². The molecular weight excluding hydrogens is 485 g/mol. The number of nitrogens with zero attached hydrogens (tertiary/aromatic N) is 4. The van der Waals surface area contributed by atoms with E-state index in [1.807, 2.05) is 60.0 Å². The molecule has 164 valence electrons. The lowest BCUT2D eigenvalue weighted by Crippen LogP contribution is -2.24. The Kier molecular flexibility index (Phi) is 7.47. The van der Waals surface area contributed by atoms with Gasteiger partial charge in [0, 0.05) is 22.5 Å². The zero-order valence-electron chi connectivity index (χ0n) is 17.1. The number of benzene rings is 2. The van der Waals surface area contributed by atoms with Crippen LogP contribution in [0.1, 0.15) is 28.8 Å². The van der Waals surface area contributed by atoms with Crippen molar-refractivity contribution in [2.45, 2.75) is 24.3 Å². The van der Waals surface area contributed by atoms with Crippen LogP contribution in [0.3, 0.4) is 0 Å². The maximum Gasteiger partial charge on any atom is 0.270 e. The molecule has 6 nitrogen and oxygen atoms in total. The fourth-order valence-corrected chi connectivity index (χ4v) is 5.11. The third kappa shape index (κ3) is 5.15. The molecule has 0 saturated carbocycles. The molecule has 0 spiro atoms. The zero-order chi connectivity index (χ0) is 22.5. The Balaban J connectivity index is 1.63. The van der Waals surface area contributed by atoms with E-state index in [1.54, 1.807) is 5.38 Å². The van der Waals surface area contributed by atoms with Gasteiger partial charge in [0.15, 0.2) is 11.0 Å². The van der Waals surface area contributed by atoms with Crippen molar-refractivity contribution in [3.05, 3.63) is 74.7 Å². The summed E-state index contributed by atoms with van der Waals surface area (Å²) in [7, 11) is 0. The van der Waals surface area contributed by atoms with Crippen molar-refractivity contribution in [1.82, 2.24) is 25.1 Å². The van der Waals surface area contributed by atoms with Crippen LogP contribution in [0, 0.1) is 0 Å². The Bertz CT molecular complexity index is 1240. The van der Waals surface area contributed by atoms with Crippen LogP contribution in [-0.4, -0.2) is 32.2 Å². The van der Waals surface area contributed by atoms with Crippen molar-refractivity contribution in [2.24, 2.45) is 0 Å². The summed E-state index contributed by atoms with van der Waals surface area (Å²) in [6.45, 7) is 2.64. The molecule has 32 heavy (non-hydrogen) atoms. The molecule has 0 aliphatic heterocycles. The van der Waals surface area contributed by atoms with Gasteiger partial charge in [-0.05, 0) is 36.8 Å². The van der Waals surface area contributed by atoms with Crippen molar-refractivity contribution >= 4 is 52.2 Å². The first-order valence-electron chi connectivity index (χ1n) is 9.88. The fraction of sp³-hybridized carbons (Fsp3) is 0.182. The molecule has 0 aliphatic carbocycles. The van der Waals surface area contributed by atoms with Crippen LogP contribution in [0.4, 0.5) is 0 Å². The van der Waals surface area contributed by atoms with Gasteiger partial charge in [0.25, 0.3) is 5.91 Å². The van der Waals surface area contributed by atoms with Gasteiger partial charge >= 0.3 is 0 Å². The Morgan fingerprint density at radius 1 is 1.16 bits per heavy atom. The Labute approximate surface area is 204 Å². The number of carbonyl (C=O) groups is 1. The van der Waals surface area contributed by atoms with Gasteiger partial charge in [0.1, 0.15) is 10.7 Å². The SMILES string of the molecule is CCCNC(=O)c1csc(CSc2nnc(-c3ccccc3Cl)n2-c2cccc(Cl)c2)n1. The molecule has 2 heterocycles. The molecule has 4 aromatic rings. The van der Waals surface area contributed by atoms with E-state index in [9.17, 15) is 4.79 Å². The molecule has 0 radical (unpaired) electrons. The Morgan fingerprint density at radius 2 is 2.00 bits per heavy atom. The van der Waals surface area contributed by atoms with E-state index in [-0.39, 0.29) is 5.91 Å². The number of hydrogen-bond acceptors (Lipinski definition) is 6. The molecule has 0 atom stereocenters. The Hall–Kier alpha value is -2.39. The normalized spacial score (nSPS) is 11.0. The minimum atomic E-state index is -0.151. The summed E-state index contributed by atoms with van der Waals surface area (Å²) in [6.07, 6.45) is 0.880. The molecule has 0 fully saturated rings. The fourth-order valence-electron chi connectivity index (χ4n) is 2.97. The maximum atomic E-state index is 12.1. The highest BCUT2D eigenvalue weighted by atomic mass is 35.5. The molecule has 2 aromatic heterocycles. The van der Waals surface area contributed by atoms with Gasteiger partial charge in [-0.3, -0.25) is 9.36 Å². The van der Waals surface area contributed by atoms with E-state index >= 15 is 0 Å². The Morgan fingerprint density at radius 3 is 2.78 bits per heavy atom. The van der Waals surface area contributed by atoms with Crippen molar-refractivity contribution in [1.29, 1.82) is 0 Å². The van der Waals surface area contributed by atoms with E-state index in [1.165, 1.54) is 23.1 Å². The van der Waals surface area contributed by atoms with Crippen molar-refractivity contribution in [3.8, 4) is 17.1 Å². The smallest absolute Gasteiger partial charge is 0.270 e. The van der Waals surface area contributed by atoms with Crippen LogP contribution in [0.25, 0.3) is 17.1 Å². The summed E-state index contributed by atoms with van der Waals surface area (Å²) >= 11 is 15.6. The highest BCUT2D eigenvalue weighted by Crippen LogP contribution is 2.33. The quantitative estimate of drug-likeness (QED) is 0.292. The maximum absolute atomic E-state index is 12.1. The van der Waals surface area contributed by atoms with Crippen LogP contribution >= 0.6 is 46.3 Å². The first-order chi connectivity index (χ1) is 15.6. The molecule has 1 amide bonds. The van der Waals surface area contributed by atoms with Crippen LogP contribution in [-0.2, 0) is 5.75 Å². The topological polar surface area (TPSA) is 72.7 Å². The second-order valence-electron chi connectivity index (χ2n) is 6.77. The highest BCUT2D eigenvalue weighted by Gasteiger charge is 2.19. The average Bonchev–Trinajstić information content (AvgIpc) is 3.43. The largest absolute Gasteiger partial charge is 0.351 e. The number of hydrogen-bond donors (Lipinski definition) is 1. The number of thiazole rings is 1. The predicted molar refractivity (Wildman–Crippen MR) is 131 cm³/mol. The molecular formula is C22H19Cl2N5OS2. The van der Waals surface area contributed by atoms with E-state index in [2.05, 4.69) is 20.5 Å². The highest BCUT2D eigenvalue weighted by molar-refractivity contribution is 7.98. The lowest BCUT2D eigenvalue weighted by Gasteiger charge is -2.11. The van der Waals surface area contributed by atoms with Gasteiger partial charge in [0.05, 0.1) is 16.5 Å². The first kappa shape index (κ1) is 22.8. The van der Waals surface area contributed by atoms with Gasteiger partial charge in [0.2, 0.25) is 0 Å². The van der Waals surface area contributed by atoms with Crippen LogP contribution in [0.2, 0.25) is 10.0 Å². The van der Waals surface area contributed by atoms with Gasteiger partial charge in [-0.2, -0.15) is 0 Å². The van der Waals surface area contributed by atoms with Crippen molar-refractivity contribution < 1.29 is 4.79 Å². The monoisotopic (exact) mass is 503 g/mol. The number of carbonyl (C=O) groups excluding carboxylic acids is 1. The molecule has 2 aromatic carbocycles. The molecule has 0 bridgehead atoms. The minimum absolute atomic E-state index is 0.151. The average molecular weight is 504 g/mol. The second-order valence-corrected chi connectivity index (χ2v) is 9.50. The van der Waals surface area contributed by atoms with E-state index in [4.69, 9.17) is 23.2 Å². The molecule has 0 saturated heterocycles. The number of rotatable bonds is 8. The molecule has 0 unspecified atom stereocenters. The second kappa shape index (κ2) is 10.5. The molecule has 0 aliphatic rings. The summed E-state index contributed by atoms with van der Waals surface area (Å²) < 4.78 is 1.93. The number of halogens is 2. The minimum Gasteiger partial charge on any atom is -0.351 e. The summed E-state index contributed by atoms with van der Waals surface area (Å²) in [5.74, 6) is 1.02. The molecule has 4 rings (SSSR count). The summed E-state index contributed by atoms with van der Waals surface area (Å²) in [6, 6.07) is 15.0. The van der Waals surface area contributed by atoms with Gasteiger partial charge < -0.3 is 5.32 Å². The number of nitrogens with one attached hydrogen (secondary N) is 1. The van der Waals surface area contributed by atoms with E-state index in [0.29, 0.717) is 39.0 Å². The number of thioether (sulfide) groups is 1. The lowest BCUT2D eigenvalue weighted by atomic mass is 10.2. The standard InChI is InChI=1S/C22H19Cl2N5OS2/c1-2-10-25-21(30)18-12-31-19(26-18)13-32-22-28-27-20(16-8-3-4-9-17(16)24)29(22)15-7-5-6-14(23)11-15/h3-9,11-12H,2,10,13H2,1H3,(H,25,30). The zero-order valence-corrected chi connectivity index (χ0v) is 20.2. The van der Waals surface area contributed by atoms with E-state index < -0.39 is 0 Å². The van der Waals surface area contributed by atoms with Crippen LogP contribution in [0.15, 0.2) is 59.1 Å². The third-order valence-corrected chi connectivity index (χ3v) is 7.00. The summed E-state index contributed by atoms with van der Waals surface area (Å²) in [5.41, 5.74) is 2.04. The first-order valence-corrected chi connectivity index (χ1v) is 12.5. The van der Waals surface area contributed by atoms with Gasteiger partial charge in [-0.1, -0.05) is 60.1 Å². The number of aromatic nitrogens is 4. The van der Waals surface area contributed by atoms with Gasteiger partial charge in [-0.15, -0.1) is 21.5 Å². The predicted octanol–water partition coefficient (Wildman–Crippen LogP) is 6.13. The summed E-state index contributed by atoms with van der Waals surface area (Å²) in [5, 5.41) is 16.1. The molecule has 1 N–H and O–H groups in total. The summed E-state index contributed by atoms with van der Waals surface area (Å²) in [4.78, 5) is 16.6. The van der Waals surface area contributed by atoms with Crippen LogP contribution < -0.4 is 5.32 Å².